The second-order valence-electron chi connectivity index (χ2n) is 6.57. The van der Waals surface area contributed by atoms with Crippen molar-refractivity contribution in [1.29, 1.82) is 0 Å². The summed E-state index contributed by atoms with van der Waals surface area (Å²) < 4.78 is 13.7. The average Bonchev–Trinajstić information content (AvgIpc) is 2.84. The number of aryl methyl sites for hydroxylation is 3. The molecule has 0 aliphatic heterocycles. The summed E-state index contributed by atoms with van der Waals surface area (Å²) in [6.07, 6.45) is 1.87. The Morgan fingerprint density at radius 1 is 1.08 bits per heavy atom. The van der Waals surface area contributed by atoms with Gasteiger partial charge in [0.05, 0.1) is 12.1 Å². The summed E-state index contributed by atoms with van der Waals surface area (Å²) >= 11 is 0. The maximum Gasteiger partial charge on any atom is 0.132 e. The zero-order valence-corrected chi connectivity index (χ0v) is 15.7. The first kappa shape index (κ1) is 17.5. The van der Waals surface area contributed by atoms with Crippen LogP contribution in [0.4, 0.5) is 0 Å². The largest absolute Gasteiger partial charge is 0.487 e. The molecular weight excluding hydrogens is 312 g/mol. The van der Waals surface area contributed by atoms with Crippen molar-refractivity contribution in [3.05, 3.63) is 58.5 Å². The standard InChI is InChI=1S/C21H26N2O2/c1-14-6-7-20(15(2)12-14)25-13-19-21-18(8-9-22-19)16(3)17(4)23(21)10-11-24-5/h6-9,12H,10-11,13H2,1-5H3. The third-order valence-corrected chi connectivity index (χ3v) is 4.84. The molecule has 0 atom stereocenters. The van der Waals surface area contributed by atoms with Gasteiger partial charge in [0.1, 0.15) is 18.1 Å². The molecule has 0 aliphatic carbocycles. The lowest BCUT2D eigenvalue weighted by Crippen LogP contribution is -2.09. The fourth-order valence-corrected chi connectivity index (χ4v) is 3.34. The van der Waals surface area contributed by atoms with Gasteiger partial charge in [-0.25, -0.2) is 0 Å². The van der Waals surface area contributed by atoms with Crippen molar-refractivity contribution in [1.82, 2.24) is 9.55 Å². The Morgan fingerprint density at radius 2 is 1.88 bits per heavy atom. The highest BCUT2D eigenvalue weighted by atomic mass is 16.5. The van der Waals surface area contributed by atoms with Crippen LogP contribution >= 0.6 is 0 Å². The van der Waals surface area contributed by atoms with Crippen LogP contribution in [0.5, 0.6) is 5.75 Å². The number of fused-ring (bicyclic) bond motifs is 1. The first-order valence-electron chi connectivity index (χ1n) is 8.65. The van der Waals surface area contributed by atoms with Crippen LogP contribution in [0.3, 0.4) is 0 Å². The summed E-state index contributed by atoms with van der Waals surface area (Å²) in [7, 11) is 1.73. The van der Waals surface area contributed by atoms with Gasteiger partial charge < -0.3 is 14.0 Å². The molecule has 0 radical (unpaired) electrons. The molecule has 0 aliphatic rings. The number of aromatic nitrogens is 2. The first-order valence-corrected chi connectivity index (χ1v) is 8.65. The van der Waals surface area contributed by atoms with Crippen LogP contribution in [-0.2, 0) is 17.9 Å². The van der Waals surface area contributed by atoms with E-state index in [4.69, 9.17) is 9.47 Å². The van der Waals surface area contributed by atoms with E-state index < -0.39 is 0 Å². The molecule has 0 N–H and O–H groups in total. The van der Waals surface area contributed by atoms with Crippen LogP contribution in [0, 0.1) is 27.7 Å². The summed E-state index contributed by atoms with van der Waals surface area (Å²) in [4.78, 5) is 4.61. The minimum absolute atomic E-state index is 0.455. The minimum atomic E-state index is 0.455. The molecule has 0 fully saturated rings. The predicted molar refractivity (Wildman–Crippen MR) is 101 cm³/mol. The molecule has 3 rings (SSSR count). The van der Waals surface area contributed by atoms with Gasteiger partial charge in [0, 0.05) is 30.9 Å². The molecule has 1 aromatic carbocycles. The Bertz CT molecular complexity index is 897. The zero-order chi connectivity index (χ0) is 18.0. The van der Waals surface area contributed by atoms with Gasteiger partial charge in [-0.3, -0.25) is 4.98 Å². The first-order chi connectivity index (χ1) is 12.0. The van der Waals surface area contributed by atoms with E-state index in [2.05, 4.69) is 55.4 Å². The Balaban J connectivity index is 1.97. The second-order valence-corrected chi connectivity index (χ2v) is 6.57. The van der Waals surface area contributed by atoms with Crippen molar-refractivity contribution < 1.29 is 9.47 Å². The summed E-state index contributed by atoms with van der Waals surface area (Å²) in [5.74, 6) is 0.910. The van der Waals surface area contributed by atoms with Crippen molar-refractivity contribution in [2.45, 2.75) is 40.8 Å². The Labute approximate surface area is 149 Å². The maximum atomic E-state index is 6.09. The summed E-state index contributed by atoms with van der Waals surface area (Å²) in [6.45, 7) is 10.4. The van der Waals surface area contributed by atoms with Crippen molar-refractivity contribution in [2.24, 2.45) is 0 Å². The van der Waals surface area contributed by atoms with E-state index in [0.717, 1.165) is 29.1 Å². The predicted octanol–water partition coefficient (Wildman–Crippen LogP) is 4.50. The van der Waals surface area contributed by atoms with Gasteiger partial charge in [0.25, 0.3) is 0 Å². The highest BCUT2D eigenvalue weighted by molar-refractivity contribution is 5.86. The van der Waals surface area contributed by atoms with Crippen LogP contribution in [-0.4, -0.2) is 23.3 Å². The van der Waals surface area contributed by atoms with E-state index in [1.54, 1.807) is 7.11 Å². The molecule has 2 heterocycles. The normalized spacial score (nSPS) is 11.2. The third-order valence-electron chi connectivity index (χ3n) is 4.84. The molecule has 0 bridgehead atoms. The number of rotatable bonds is 6. The highest BCUT2D eigenvalue weighted by Crippen LogP contribution is 2.28. The second kappa shape index (κ2) is 7.28. The Hall–Kier alpha value is -2.33. The van der Waals surface area contributed by atoms with Gasteiger partial charge in [-0.2, -0.15) is 0 Å². The van der Waals surface area contributed by atoms with Gasteiger partial charge in [-0.05, 0) is 51.0 Å². The van der Waals surface area contributed by atoms with Crippen LogP contribution in [0.2, 0.25) is 0 Å². The third kappa shape index (κ3) is 3.40. The van der Waals surface area contributed by atoms with Crippen molar-refractivity contribution in [3.63, 3.8) is 0 Å². The van der Waals surface area contributed by atoms with E-state index in [1.807, 2.05) is 12.3 Å². The number of methoxy groups -OCH3 is 1. The molecule has 2 aromatic heterocycles. The number of nitrogens with zero attached hydrogens (tertiary/aromatic N) is 2. The van der Waals surface area contributed by atoms with E-state index in [-0.39, 0.29) is 0 Å². The molecule has 132 valence electrons. The van der Waals surface area contributed by atoms with E-state index in [1.165, 1.54) is 22.2 Å². The van der Waals surface area contributed by atoms with Crippen molar-refractivity contribution >= 4 is 10.9 Å². The molecule has 0 amide bonds. The number of pyridine rings is 1. The minimum Gasteiger partial charge on any atom is -0.487 e. The lowest BCUT2D eigenvalue weighted by molar-refractivity contribution is 0.187. The molecular formula is C21H26N2O2. The SMILES string of the molecule is COCCn1c(C)c(C)c2ccnc(COc3ccc(C)cc3C)c21. The Morgan fingerprint density at radius 3 is 2.60 bits per heavy atom. The average molecular weight is 338 g/mol. The molecule has 4 nitrogen and oxygen atoms in total. The summed E-state index contributed by atoms with van der Waals surface area (Å²) in [6, 6.07) is 8.33. The summed E-state index contributed by atoms with van der Waals surface area (Å²) in [5, 5.41) is 1.24. The Kier molecular flexibility index (Phi) is 5.09. The number of ether oxygens (including phenoxy) is 2. The van der Waals surface area contributed by atoms with Gasteiger partial charge in [0.2, 0.25) is 0 Å². The van der Waals surface area contributed by atoms with Crippen LogP contribution in [0.25, 0.3) is 10.9 Å². The molecule has 3 aromatic rings. The lowest BCUT2D eigenvalue weighted by atomic mass is 10.1. The van der Waals surface area contributed by atoms with Crippen LogP contribution < -0.4 is 4.74 Å². The van der Waals surface area contributed by atoms with Crippen LogP contribution in [0.1, 0.15) is 28.1 Å². The van der Waals surface area contributed by atoms with Crippen molar-refractivity contribution in [2.75, 3.05) is 13.7 Å². The number of benzene rings is 1. The molecule has 25 heavy (non-hydrogen) atoms. The quantitative estimate of drug-likeness (QED) is 0.664. The van der Waals surface area contributed by atoms with Gasteiger partial charge in [-0.15, -0.1) is 0 Å². The van der Waals surface area contributed by atoms with Crippen LogP contribution in [0.15, 0.2) is 30.5 Å². The molecule has 0 saturated carbocycles. The highest BCUT2D eigenvalue weighted by Gasteiger charge is 2.15. The van der Waals surface area contributed by atoms with E-state index in [0.29, 0.717) is 13.2 Å². The topological polar surface area (TPSA) is 36.3 Å². The smallest absolute Gasteiger partial charge is 0.132 e. The fourth-order valence-electron chi connectivity index (χ4n) is 3.34. The summed E-state index contributed by atoms with van der Waals surface area (Å²) in [5.41, 5.74) is 7.05. The van der Waals surface area contributed by atoms with Crippen molar-refractivity contribution in [3.8, 4) is 5.75 Å². The lowest BCUT2D eigenvalue weighted by Gasteiger charge is -2.13. The maximum absolute atomic E-state index is 6.09. The molecule has 0 spiro atoms. The van der Waals surface area contributed by atoms with E-state index in [9.17, 15) is 0 Å². The molecule has 4 heteroatoms. The molecule has 0 saturated heterocycles. The van der Waals surface area contributed by atoms with E-state index >= 15 is 0 Å². The molecule has 0 unspecified atom stereocenters. The van der Waals surface area contributed by atoms with Gasteiger partial charge in [-0.1, -0.05) is 17.7 Å². The zero-order valence-electron chi connectivity index (χ0n) is 15.7. The van der Waals surface area contributed by atoms with Gasteiger partial charge in [0.15, 0.2) is 0 Å². The fraction of sp³-hybridized carbons (Fsp3) is 0.381. The number of hydrogen-bond donors (Lipinski definition) is 0. The van der Waals surface area contributed by atoms with Gasteiger partial charge >= 0.3 is 0 Å². The monoisotopic (exact) mass is 338 g/mol. The number of hydrogen-bond acceptors (Lipinski definition) is 3.